The lowest BCUT2D eigenvalue weighted by Crippen LogP contribution is -2.00. The minimum absolute atomic E-state index is 0.219. The van der Waals surface area contributed by atoms with Gasteiger partial charge in [-0.15, -0.1) is 0 Å². The second kappa shape index (κ2) is 5.21. The van der Waals surface area contributed by atoms with E-state index < -0.39 is 5.97 Å². The zero-order chi connectivity index (χ0) is 15.0. The van der Waals surface area contributed by atoms with Gasteiger partial charge in [-0.2, -0.15) is 5.10 Å². The topological polar surface area (TPSA) is 68.0 Å². The van der Waals surface area contributed by atoms with Gasteiger partial charge in [-0.3, -0.25) is 4.68 Å². The Morgan fingerprint density at radius 3 is 2.62 bits per heavy atom. The highest BCUT2D eigenvalue weighted by molar-refractivity contribution is 7.99. The molecule has 5 nitrogen and oxygen atoms in total. The van der Waals surface area contributed by atoms with Gasteiger partial charge >= 0.3 is 5.97 Å². The first-order chi connectivity index (χ1) is 10.1. The van der Waals surface area contributed by atoms with Crippen LogP contribution in [0.15, 0.2) is 46.6 Å². The number of carboxylic acid groups (broad SMARTS) is 1. The molecule has 106 valence electrons. The Morgan fingerprint density at radius 1 is 1.29 bits per heavy atom. The molecule has 0 saturated carbocycles. The van der Waals surface area contributed by atoms with Crippen molar-refractivity contribution in [1.29, 1.82) is 0 Å². The van der Waals surface area contributed by atoms with Gasteiger partial charge in [-0.1, -0.05) is 24.3 Å². The maximum atomic E-state index is 11.3. The molecule has 0 atom stereocenters. The molecule has 1 aromatic carbocycles. The van der Waals surface area contributed by atoms with Crippen LogP contribution in [0, 0.1) is 6.92 Å². The monoisotopic (exact) mass is 299 g/mol. The van der Waals surface area contributed by atoms with Crippen LogP contribution >= 0.6 is 11.8 Å². The average Bonchev–Trinajstić information content (AvgIpc) is 2.77. The first-order valence-corrected chi connectivity index (χ1v) is 7.17. The number of hydrogen-bond acceptors (Lipinski definition) is 4. The van der Waals surface area contributed by atoms with E-state index in [1.165, 1.54) is 18.0 Å². The number of aryl methyl sites for hydroxylation is 2. The van der Waals surface area contributed by atoms with Crippen LogP contribution in [0.25, 0.3) is 10.8 Å². The van der Waals surface area contributed by atoms with E-state index >= 15 is 0 Å². The van der Waals surface area contributed by atoms with E-state index in [1.54, 1.807) is 10.7 Å². The summed E-state index contributed by atoms with van der Waals surface area (Å²) in [6, 6.07) is 9.39. The summed E-state index contributed by atoms with van der Waals surface area (Å²) in [4.78, 5) is 15.6. The van der Waals surface area contributed by atoms with Crippen molar-refractivity contribution >= 4 is 28.5 Å². The third kappa shape index (κ3) is 2.50. The fourth-order valence-corrected chi connectivity index (χ4v) is 3.19. The van der Waals surface area contributed by atoms with E-state index in [9.17, 15) is 9.90 Å². The molecule has 0 spiro atoms. The van der Waals surface area contributed by atoms with Crippen LogP contribution < -0.4 is 0 Å². The molecule has 2 heterocycles. The minimum Gasteiger partial charge on any atom is -0.478 e. The summed E-state index contributed by atoms with van der Waals surface area (Å²) >= 11 is 1.48. The van der Waals surface area contributed by atoms with Crippen molar-refractivity contribution in [3.63, 3.8) is 0 Å². The van der Waals surface area contributed by atoms with Gasteiger partial charge in [0.15, 0.2) is 0 Å². The van der Waals surface area contributed by atoms with Gasteiger partial charge in [0, 0.05) is 24.0 Å². The Morgan fingerprint density at radius 2 is 2.00 bits per heavy atom. The lowest BCUT2D eigenvalue weighted by atomic mass is 10.1. The van der Waals surface area contributed by atoms with Crippen molar-refractivity contribution in [3.05, 3.63) is 47.8 Å². The highest BCUT2D eigenvalue weighted by atomic mass is 32.2. The van der Waals surface area contributed by atoms with Crippen LogP contribution in [0.3, 0.4) is 0 Å². The number of nitrogens with zero attached hydrogens (tertiary/aromatic N) is 3. The fraction of sp³-hybridized carbons (Fsp3) is 0.133. The number of carbonyl (C=O) groups is 1. The predicted molar refractivity (Wildman–Crippen MR) is 80.8 cm³/mol. The molecule has 2 aromatic heterocycles. The Kier molecular flexibility index (Phi) is 3.39. The SMILES string of the molecule is Cc1cc(Sc2ncc(C(=O)O)c3ccccc23)n(C)n1. The van der Waals surface area contributed by atoms with Crippen molar-refractivity contribution in [3.8, 4) is 0 Å². The molecule has 21 heavy (non-hydrogen) atoms. The number of carboxylic acids is 1. The lowest BCUT2D eigenvalue weighted by Gasteiger charge is -2.07. The number of aromatic nitrogens is 3. The lowest BCUT2D eigenvalue weighted by molar-refractivity contribution is 0.0698. The van der Waals surface area contributed by atoms with Gasteiger partial charge < -0.3 is 5.11 Å². The second-order valence-corrected chi connectivity index (χ2v) is 5.69. The number of aromatic carboxylic acids is 1. The molecule has 0 fully saturated rings. The molecule has 1 N–H and O–H groups in total. The van der Waals surface area contributed by atoms with E-state index in [2.05, 4.69) is 10.1 Å². The van der Waals surface area contributed by atoms with Crippen molar-refractivity contribution in [2.24, 2.45) is 7.05 Å². The summed E-state index contributed by atoms with van der Waals surface area (Å²) in [6.45, 7) is 1.93. The summed E-state index contributed by atoms with van der Waals surface area (Å²) in [7, 11) is 1.88. The molecule has 0 saturated heterocycles. The minimum atomic E-state index is -0.966. The second-order valence-electron chi connectivity index (χ2n) is 4.68. The molecular formula is C15H13N3O2S. The largest absolute Gasteiger partial charge is 0.478 e. The quantitative estimate of drug-likeness (QED) is 0.804. The molecule has 0 aliphatic heterocycles. The summed E-state index contributed by atoms with van der Waals surface area (Å²) in [5, 5.41) is 16.8. The van der Waals surface area contributed by atoms with Crippen LogP contribution in [0.1, 0.15) is 16.1 Å². The van der Waals surface area contributed by atoms with Gasteiger partial charge in [-0.05, 0) is 24.8 Å². The third-order valence-electron chi connectivity index (χ3n) is 3.15. The fourth-order valence-electron chi connectivity index (χ4n) is 2.20. The molecule has 0 bridgehead atoms. The molecule has 0 aliphatic carbocycles. The third-order valence-corrected chi connectivity index (χ3v) is 4.26. The first kappa shape index (κ1) is 13.6. The Bertz CT molecular complexity index is 842. The van der Waals surface area contributed by atoms with Crippen LogP contribution in [-0.2, 0) is 7.05 Å². The van der Waals surface area contributed by atoms with Gasteiger partial charge in [-0.25, -0.2) is 9.78 Å². The normalized spacial score (nSPS) is 11.0. The summed E-state index contributed by atoms with van der Waals surface area (Å²) < 4.78 is 1.79. The van der Waals surface area contributed by atoms with Crippen LogP contribution in [0.4, 0.5) is 0 Å². The van der Waals surface area contributed by atoms with Gasteiger partial charge in [0.2, 0.25) is 0 Å². The summed E-state index contributed by atoms with van der Waals surface area (Å²) in [6.07, 6.45) is 1.41. The molecule has 0 radical (unpaired) electrons. The van der Waals surface area contributed by atoms with E-state index in [1.807, 2.05) is 38.2 Å². The predicted octanol–water partition coefficient (Wildman–Crippen LogP) is 3.13. The van der Waals surface area contributed by atoms with E-state index in [-0.39, 0.29) is 5.56 Å². The number of fused-ring (bicyclic) bond motifs is 1. The summed E-state index contributed by atoms with van der Waals surface area (Å²) in [5.41, 5.74) is 1.16. The number of pyridine rings is 1. The zero-order valence-electron chi connectivity index (χ0n) is 11.6. The van der Waals surface area contributed by atoms with Crippen molar-refractivity contribution < 1.29 is 9.90 Å². The number of benzene rings is 1. The standard InChI is InChI=1S/C15H13N3O2S/c1-9-7-13(18(2)17-9)21-14-11-6-4-3-5-10(11)12(8-16-14)15(19)20/h3-8H,1-2H3,(H,19,20). The maximum absolute atomic E-state index is 11.3. The molecule has 3 rings (SSSR count). The highest BCUT2D eigenvalue weighted by Gasteiger charge is 2.14. The smallest absolute Gasteiger partial charge is 0.337 e. The molecule has 0 unspecified atom stereocenters. The highest BCUT2D eigenvalue weighted by Crippen LogP contribution is 2.33. The van der Waals surface area contributed by atoms with Gasteiger partial charge in [0.25, 0.3) is 0 Å². The van der Waals surface area contributed by atoms with E-state index in [0.29, 0.717) is 5.39 Å². The zero-order valence-corrected chi connectivity index (χ0v) is 12.4. The van der Waals surface area contributed by atoms with Gasteiger partial charge in [0.05, 0.1) is 11.3 Å². The van der Waals surface area contributed by atoms with Crippen LogP contribution in [-0.4, -0.2) is 25.8 Å². The maximum Gasteiger partial charge on any atom is 0.337 e. The van der Waals surface area contributed by atoms with Crippen molar-refractivity contribution in [2.75, 3.05) is 0 Å². The Labute approximate surface area is 125 Å². The van der Waals surface area contributed by atoms with Crippen molar-refractivity contribution in [2.45, 2.75) is 17.0 Å². The summed E-state index contributed by atoms with van der Waals surface area (Å²) in [5.74, 6) is -0.966. The number of hydrogen-bond donors (Lipinski definition) is 1. The molecule has 0 amide bonds. The van der Waals surface area contributed by atoms with E-state index in [4.69, 9.17) is 0 Å². The average molecular weight is 299 g/mol. The molecule has 6 heteroatoms. The first-order valence-electron chi connectivity index (χ1n) is 6.36. The molecular weight excluding hydrogens is 286 g/mol. The Balaban J connectivity index is 2.14. The van der Waals surface area contributed by atoms with Gasteiger partial charge in [0.1, 0.15) is 10.1 Å². The van der Waals surface area contributed by atoms with Crippen LogP contribution in [0.2, 0.25) is 0 Å². The van der Waals surface area contributed by atoms with Crippen LogP contribution in [0.5, 0.6) is 0 Å². The molecule has 0 aliphatic rings. The Hall–Kier alpha value is -2.34. The number of rotatable bonds is 3. The molecule has 3 aromatic rings. The van der Waals surface area contributed by atoms with E-state index in [0.717, 1.165) is 21.1 Å². The van der Waals surface area contributed by atoms with Crippen molar-refractivity contribution in [1.82, 2.24) is 14.8 Å².